The standard InChI is InChI=1S/C14H18O/c1-10-6-3-4-8-12(10)14(15)13-9-5-7-11(13)2/h3-4,6,8,11,13H,5,7,9H2,1-2H3. The number of rotatable bonds is 2. The van der Waals surface area contributed by atoms with Gasteiger partial charge in [0.15, 0.2) is 5.78 Å². The Bertz CT molecular complexity index is 367. The van der Waals surface area contributed by atoms with Gasteiger partial charge >= 0.3 is 0 Å². The van der Waals surface area contributed by atoms with Crippen LogP contribution in [0.4, 0.5) is 0 Å². The molecule has 1 aliphatic carbocycles. The third kappa shape index (κ3) is 1.97. The van der Waals surface area contributed by atoms with E-state index < -0.39 is 0 Å². The van der Waals surface area contributed by atoms with Crippen molar-refractivity contribution >= 4 is 5.78 Å². The number of Topliss-reactive ketones (excluding diaryl/α,β-unsaturated/α-hetero) is 1. The van der Waals surface area contributed by atoms with E-state index in [1.165, 1.54) is 12.8 Å². The van der Waals surface area contributed by atoms with Crippen molar-refractivity contribution < 1.29 is 4.79 Å². The molecule has 0 heterocycles. The van der Waals surface area contributed by atoms with Gasteiger partial charge < -0.3 is 0 Å². The smallest absolute Gasteiger partial charge is 0.166 e. The maximum Gasteiger partial charge on any atom is 0.166 e. The summed E-state index contributed by atoms with van der Waals surface area (Å²) in [5, 5.41) is 0. The van der Waals surface area contributed by atoms with Crippen LogP contribution in [0.2, 0.25) is 0 Å². The molecule has 0 amide bonds. The molecule has 1 saturated carbocycles. The maximum absolute atomic E-state index is 12.3. The van der Waals surface area contributed by atoms with Crippen molar-refractivity contribution in [2.24, 2.45) is 11.8 Å². The molecule has 15 heavy (non-hydrogen) atoms. The molecule has 0 radical (unpaired) electrons. The number of carbonyl (C=O) groups excluding carboxylic acids is 1. The predicted octanol–water partition coefficient (Wildman–Crippen LogP) is 3.61. The van der Waals surface area contributed by atoms with Crippen LogP contribution in [0.25, 0.3) is 0 Å². The fourth-order valence-electron chi connectivity index (χ4n) is 2.58. The molecule has 80 valence electrons. The molecule has 0 spiro atoms. The fraction of sp³-hybridized carbons (Fsp3) is 0.500. The Morgan fingerprint density at radius 3 is 2.60 bits per heavy atom. The van der Waals surface area contributed by atoms with E-state index in [-0.39, 0.29) is 5.92 Å². The zero-order valence-corrected chi connectivity index (χ0v) is 9.49. The van der Waals surface area contributed by atoms with Crippen LogP contribution in [0.1, 0.15) is 42.1 Å². The van der Waals surface area contributed by atoms with Gasteiger partial charge in [0.25, 0.3) is 0 Å². The molecular weight excluding hydrogens is 184 g/mol. The van der Waals surface area contributed by atoms with E-state index in [4.69, 9.17) is 0 Å². The zero-order chi connectivity index (χ0) is 10.8. The van der Waals surface area contributed by atoms with Gasteiger partial charge in [-0.1, -0.05) is 37.6 Å². The van der Waals surface area contributed by atoms with E-state index in [0.29, 0.717) is 11.7 Å². The highest BCUT2D eigenvalue weighted by Gasteiger charge is 2.30. The quantitative estimate of drug-likeness (QED) is 0.669. The van der Waals surface area contributed by atoms with Crippen LogP contribution in [0.15, 0.2) is 24.3 Å². The van der Waals surface area contributed by atoms with Crippen LogP contribution in [0.5, 0.6) is 0 Å². The molecule has 0 aliphatic heterocycles. The summed E-state index contributed by atoms with van der Waals surface area (Å²) in [4.78, 5) is 12.3. The summed E-state index contributed by atoms with van der Waals surface area (Å²) < 4.78 is 0. The van der Waals surface area contributed by atoms with E-state index in [2.05, 4.69) is 6.92 Å². The van der Waals surface area contributed by atoms with E-state index in [9.17, 15) is 4.79 Å². The van der Waals surface area contributed by atoms with E-state index in [1.54, 1.807) is 0 Å². The van der Waals surface area contributed by atoms with Crippen molar-refractivity contribution in [1.29, 1.82) is 0 Å². The minimum atomic E-state index is 0.270. The second kappa shape index (κ2) is 4.18. The first-order valence-corrected chi connectivity index (χ1v) is 5.80. The molecule has 1 fully saturated rings. The summed E-state index contributed by atoms with van der Waals surface area (Å²) in [6, 6.07) is 7.93. The Hall–Kier alpha value is -1.11. The lowest BCUT2D eigenvalue weighted by Gasteiger charge is -2.15. The summed E-state index contributed by atoms with van der Waals surface area (Å²) in [6.07, 6.45) is 3.50. The number of benzene rings is 1. The maximum atomic E-state index is 12.3. The monoisotopic (exact) mass is 202 g/mol. The highest BCUT2D eigenvalue weighted by atomic mass is 16.1. The Labute approximate surface area is 91.5 Å². The number of hydrogen-bond acceptors (Lipinski definition) is 1. The number of aryl methyl sites for hydroxylation is 1. The fourth-order valence-corrected chi connectivity index (χ4v) is 2.58. The lowest BCUT2D eigenvalue weighted by molar-refractivity contribution is 0.0896. The Morgan fingerprint density at radius 1 is 1.27 bits per heavy atom. The topological polar surface area (TPSA) is 17.1 Å². The van der Waals surface area contributed by atoms with Crippen molar-refractivity contribution in [3.8, 4) is 0 Å². The van der Waals surface area contributed by atoms with Gasteiger partial charge in [-0.05, 0) is 31.2 Å². The summed E-state index contributed by atoms with van der Waals surface area (Å²) in [7, 11) is 0. The molecule has 2 atom stereocenters. The molecule has 1 aromatic carbocycles. The van der Waals surface area contributed by atoms with Crippen LogP contribution < -0.4 is 0 Å². The minimum Gasteiger partial charge on any atom is -0.294 e. The Kier molecular flexibility index (Phi) is 2.90. The SMILES string of the molecule is Cc1ccccc1C(=O)C1CCCC1C. The minimum absolute atomic E-state index is 0.270. The molecule has 2 rings (SSSR count). The highest BCUT2D eigenvalue weighted by molar-refractivity contribution is 5.99. The Morgan fingerprint density at radius 2 is 2.00 bits per heavy atom. The van der Waals surface area contributed by atoms with Gasteiger partial charge in [-0.2, -0.15) is 0 Å². The summed E-state index contributed by atoms with van der Waals surface area (Å²) in [5.41, 5.74) is 2.04. The van der Waals surface area contributed by atoms with Crippen molar-refractivity contribution in [3.63, 3.8) is 0 Å². The number of ketones is 1. The molecule has 0 aromatic heterocycles. The first-order valence-electron chi connectivity index (χ1n) is 5.80. The third-order valence-corrected chi connectivity index (χ3v) is 3.61. The van der Waals surface area contributed by atoms with Crippen molar-refractivity contribution in [1.82, 2.24) is 0 Å². The normalized spacial score (nSPS) is 25.5. The number of hydrogen-bond donors (Lipinski definition) is 0. The summed E-state index contributed by atoms with van der Waals surface area (Å²) in [6.45, 7) is 4.22. The van der Waals surface area contributed by atoms with Gasteiger partial charge in [0.2, 0.25) is 0 Å². The predicted molar refractivity (Wildman–Crippen MR) is 62.0 cm³/mol. The molecule has 1 nitrogen and oxygen atoms in total. The molecule has 1 heteroatoms. The molecule has 1 aliphatic rings. The third-order valence-electron chi connectivity index (χ3n) is 3.61. The van der Waals surface area contributed by atoms with Crippen LogP contribution in [0, 0.1) is 18.8 Å². The molecular formula is C14H18O. The van der Waals surface area contributed by atoms with Gasteiger partial charge in [-0.3, -0.25) is 4.79 Å². The van der Waals surface area contributed by atoms with Crippen molar-refractivity contribution in [3.05, 3.63) is 35.4 Å². The lowest BCUT2D eigenvalue weighted by Crippen LogP contribution is -2.18. The average molecular weight is 202 g/mol. The second-order valence-electron chi connectivity index (χ2n) is 4.69. The highest BCUT2D eigenvalue weighted by Crippen LogP contribution is 2.34. The Balaban J connectivity index is 2.24. The summed E-state index contributed by atoms with van der Waals surface area (Å²) in [5.74, 6) is 1.20. The van der Waals surface area contributed by atoms with Gasteiger partial charge in [0, 0.05) is 11.5 Å². The summed E-state index contributed by atoms with van der Waals surface area (Å²) >= 11 is 0. The molecule has 1 aromatic rings. The zero-order valence-electron chi connectivity index (χ0n) is 9.49. The first-order chi connectivity index (χ1) is 7.20. The van der Waals surface area contributed by atoms with Crippen LogP contribution in [-0.4, -0.2) is 5.78 Å². The molecule has 0 N–H and O–H groups in total. The molecule has 0 saturated heterocycles. The van der Waals surface area contributed by atoms with E-state index in [1.807, 2.05) is 31.2 Å². The van der Waals surface area contributed by atoms with Gasteiger partial charge in [0.05, 0.1) is 0 Å². The van der Waals surface area contributed by atoms with Crippen molar-refractivity contribution in [2.45, 2.75) is 33.1 Å². The van der Waals surface area contributed by atoms with Gasteiger partial charge in [-0.25, -0.2) is 0 Å². The van der Waals surface area contributed by atoms with Crippen LogP contribution >= 0.6 is 0 Å². The van der Waals surface area contributed by atoms with Gasteiger partial charge in [0.1, 0.15) is 0 Å². The van der Waals surface area contributed by atoms with Crippen molar-refractivity contribution in [2.75, 3.05) is 0 Å². The first kappa shape index (κ1) is 10.4. The lowest BCUT2D eigenvalue weighted by atomic mass is 9.88. The van der Waals surface area contributed by atoms with E-state index in [0.717, 1.165) is 17.5 Å². The molecule has 0 bridgehead atoms. The largest absolute Gasteiger partial charge is 0.294 e. The molecule has 2 unspecified atom stereocenters. The number of carbonyl (C=O) groups is 1. The van der Waals surface area contributed by atoms with E-state index >= 15 is 0 Å². The van der Waals surface area contributed by atoms with Gasteiger partial charge in [-0.15, -0.1) is 0 Å². The average Bonchev–Trinajstić information content (AvgIpc) is 2.64. The van der Waals surface area contributed by atoms with Crippen LogP contribution in [0.3, 0.4) is 0 Å². The van der Waals surface area contributed by atoms with Crippen LogP contribution in [-0.2, 0) is 0 Å². The second-order valence-corrected chi connectivity index (χ2v) is 4.69.